The molecule has 1 amide bonds. The van der Waals surface area contributed by atoms with Gasteiger partial charge >= 0.3 is 6.61 Å². The molecule has 158 valence electrons. The first-order valence-corrected chi connectivity index (χ1v) is 8.67. The van der Waals surface area contributed by atoms with Crippen LogP contribution >= 0.6 is 0 Å². The summed E-state index contributed by atoms with van der Waals surface area (Å²) in [4.78, 5) is 12.5. The number of halogens is 2. The molecule has 1 aromatic heterocycles. The van der Waals surface area contributed by atoms with Gasteiger partial charge in [-0.1, -0.05) is 6.07 Å². The predicted molar refractivity (Wildman–Crippen MR) is 105 cm³/mol. The van der Waals surface area contributed by atoms with Crippen molar-refractivity contribution in [2.24, 2.45) is 0 Å². The van der Waals surface area contributed by atoms with Crippen molar-refractivity contribution in [2.45, 2.75) is 6.61 Å². The number of hydrogen-bond donors (Lipinski definition) is 2. The van der Waals surface area contributed by atoms with Crippen LogP contribution in [0.4, 0.5) is 14.5 Å². The van der Waals surface area contributed by atoms with Gasteiger partial charge in [0.15, 0.2) is 11.5 Å². The van der Waals surface area contributed by atoms with Crippen molar-refractivity contribution in [1.29, 1.82) is 0 Å². The van der Waals surface area contributed by atoms with E-state index in [2.05, 4.69) is 20.3 Å². The first kappa shape index (κ1) is 20.9. The van der Waals surface area contributed by atoms with Crippen molar-refractivity contribution in [2.75, 3.05) is 26.6 Å². The number of alkyl halides is 2. The predicted octanol–water partition coefficient (Wildman–Crippen LogP) is 3.96. The van der Waals surface area contributed by atoms with Crippen LogP contribution < -0.4 is 24.3 Å². The van der Waals surface area contributed by atoms with Crippen LogP contribution in [0.5, 0.6) is 23.0 Å². The summed E-state index contributed by atoms with van der Waals surface area (Å²) in [6.07, 6.45) is 0. The Morgan fingerprint density at radius 3 is 2.33 bits per heavy atom. The highest BCUT2D eigenvalue weighted by atomic mass is 19.3. The highest BCUT2D eigenvalue weighted by Crippen LogP contribution is 2.40. The van der Waals surface area contributed by atoms with E-state index in [4.69, 9.17) is 14.2 Å². The van der Waals surface area contributed by atoms with Gasteiger partial charge in [0.1, 0.15) is 11.4 Å². The van der Waals surface area contributed by atoms with Gasteiger partial charge in [-0.15, -0.1) is 0 Å². The van der Waals surface area contributed by atoms with Gasteiger partial charge in [0.05, 0.1) is 27.0 Å². The van der Waals surface area contributed by atoms with E-state index < -0.39 is 12.5 Å². The van der Waals surface area contributed by atoms with Crippen LogP contribution in [0.2, 0.25) is 0 Å². The molecule has 0 saturated heterocycles. The molecule has 0 aliphatic carbocycles. The van der Waals surface area contributed by atoms with Crippen LogP contribution in [0.25, 0.3) is 11.3 Å². The van der Waals surface area contributed by atoms with Gasteiger partial charge in [0.25, 0.3) is 5.91 Å². The van der Waals surface area contributed by atoms with E-state index in [0.717, 1.165) is 0 Å². The van der Waals surface area contributed by atoms with Crippen LogP contribution in [-0.4, -0.2) is 44.0 Å². The second-order valence-electron chi connectivity index (χ2n) is 5.94. The van der Waals surface area contributed by atoms with E-state index >= 15 is 0 Å². The number of ether oxygens (including phenoxy) is 4. The molecule has 2 aromatic carbocycles. The second-order valence-corrected chi connectivity index (χ2v) is 5.94. The van der Waals surface area contributed by atoms with Gasteiger partial charge in [0.2, 0.25) is 5.75 Å². The molecule has 10 heteroatoms. The Balaban J connectivity index is 1.82. The Bertz CT molecular complexity index is 1010. The summed E-state index contributed by atoms with van der Waals surface area (Å²) in [6.45, 7) is -2.95. The van der Waals surface area contributed by atoms with Gasteiger partial charge in [-0.05, 0) is 30.3 Å². The van der Waals surface area contributed by atoms with Crippen LogP contribution in [0.1, 0.15) is 10.5 Å². The van der Waals surface area contributed by atoms with Crippen molar-refractivity contribution < 1.29 is 32.5 Å². The minimum absolute atomic E-state index is 0.0643. The minimum Gasteiger partial charge on any atom is -0.493 e. The minimum atomic E-state index is -2.95. The maximum Gasteiger partial charge on any atom is 0.387 e. The summed E-state index contributed by atoms with van der Waals surface area (Å²) >= 11 is 0. The molecule has 3 rings (SSSR count). The van der Waals surface area contributed by atoms with E-state index in [1.54, 1.807) is 18.2 Å². The standard InChI is InChI=1S/C20H19F2N3O5/c1-27-16-7-11(8-17(28-2)18(16)29-3)14-10-15(25-24-14)19(26)23-12-5-4-6-13(9-12)30-20(21)22/h4-10,20H,1-3H3,(H,23,26)(H,24,25). The molecule has 2 N–H and O–H groups in total. The zero-order valence-electron chi connectivity index (χ0n) is 16.4. The maximum atomic E-state index is 12.5. The number of aromatic amines is 1. The highest BCUT2D eigenvalue weighted by molar-refractivity contribution is 6.03. The van der Waals surface area contributed by atoms with Crippen molar-refractivity contribution >= 4 is 11.6 Å². The lowest BCUT2D eigenvalue weighted by atomic mass is 10.1. The summed E-state index contributed by atoms with van der Waals surface area (Å²) in [5, 5.41) is 9.39. The number of carbonyl (C=O) groups excluding carboxylic acids is 1. The fraction of sp³-hybridized carbons (Fsp3) is 0.200. The van der Waals surface area contributed by atoms with E-state index in [1.807, 2.05) is 0 Å². The number of anilines is 1. The third kappa shape index (κ3) is 4.59. The third-order valence-electron chi connectivity index (χ3n) is 4.10. The van der Waals surface area contributed by atoms with Crippen molar-refractivity contribution in [3.63, 3.8) is 0 Å². The number of rotatable bonds is 8. The Kier molecular flexibility index (Phi) is 6.35. The Hall–Kier alpha value is -3.82. The first-order chi connectivity index (χ1) is 14.4. The van der Waals surface area contributed by atoms with E-state index in [-0.39, 0.29) is 11.4 Å². The smallest absolute Gasteiger partial charge is 0.387 e. The average molecular weight is 419 g/mol. The van der Waals surface area contributed by atoms with Crippen LogP contribution in [0, 0.1) is 0 Å². The maximum absolute atomic E-state index is 12.5. The molecule has 0 fully saturated rings. The Labute approximate surface area is 170 Å². The van der Waals surface area contributed by atoms with Gasteiger partial charge in [-0.2, -0.15) is 13.9 Å². The SMILES string of the molecule is COc1cc(-c2cc(C(=O)Nc3cccc(OC(F)F)c3)[nH]n2)cc(OC)c1OC. The average Bonchev–Trinajstić information content (AvgIpc) is 3.23. The van der Waals surface area contributed by atoms with Gasteiger partial charge in [0, 0.05) is 17.3 Å². The molecule has 0 spiro atoms. The van der Waals surface area contributed by atoms with Crippen LogP contribution in [0.3, 0.4) is 0 Å². The van der Waals surface area contributed by atoms with Crippen molar-refractivity contribution in [3.8, 4) is 34.3 Å². The zero-order chi connectivity index (χ0) is 21.7. The lowest BCUT2D eigenvalue weighted by molar-refractivity contribution is -0.0498. The van der Waals surface area contributed by atoms with E-state index in [1.165, 1.54) is 45.6 Å². The summed E-state index contributed by atoms with van der Waals surface area (Å²) in [7, 11) is 4.49. The molecule has 0 aliphatic rings. The molecule has 0 radical (unpaired) electrons. The number of nitrogens with one attached hydrogen (secondary N) is 2. The zero-order valence-corrected chi connectivity index (χ0v) is 16.4. The fourth-order valence-electron chi connectivity index (χ4n) is 2.76. The van der Waals surface area contributed by atoms with Gasteiger partial charge in [-0.25, -0.2) is 0 Å². The highest BCUT2D eigenvalue weighted by Gasteiger charge is 2.17. The van der Waals surface area contributed by atoms with Crippen LogP contribution in [0.15, 0.2) is 42.5 Å². The quantitative estimate of drug-likeness (QED) is 0.574. The largest absolute Gasteiger partial charge is 0.493 e. The molecule has 0 saturated carbocycles. The molecular formula is C20H19F2N3O5. The lowest BCUT2D eigenvalue weighted by Crippen LogP contribution is -2.12. The molecule has 8 nitrogen and oxygen atoms in total. The van der Waals surface area contributed by atoms with E-state index in [9.17, 15) is 13.6 Å². The number of carbonyl (C=O) groups is 1. The second kappa shape index (κ2) is 9.12. The molecule has 1 heterocycles. The van der Waals surface area contributed by atoms with Crippen molar-refractivity contribution in [3.05, 3.63) is 48.2 Å². The van der Waals surface area contributed by atoms with Crippen molar-refractivity contribution in [1.82, 2.24) is 10.2 Å². The van der Waals surface area contributed by atoms with Crippen LogP contribution in [-0.2, 0) is 0 Å². The summed E-state index contributed by atoms with van der Waals surface area (Å²) < 4.78 is 45.0. The summed E-state index contributed by atoms with van der Waals surface area (Å²) in [5.41, 5.74) is 1.56. The number of methoxy groups -OCH3 is 3. The molecule has 0 aliphatic heterocycles. The molecule has 0 atom stereocenters. The number of H-pyrrole nitrogens is 1. The summed E-state index contributed by atoms with van der Waals surface area (Å²) in [6, 6.07) is 10.6. The Morgan fingerprint density at radius 2 is 1.73 bits per heavy atom. The first-order valence-electron chi connectivity index (χ1n) is 8.67. The monoisotopic (exact) mass is 419 g/mol. The topological polar surface area (TPSA) is 94.7 Å². The summed E-state index contributed by atoms with van der Waals surface area (Å²) in [5.74, 6) is 0.748. The fourth-order valence-corrected chi connectivity index (χ4v) is 2.76. The number of nitrogens with zero attached hydrogens (tertiary/aromatic N) is 1. The molecule has 0 bridgehead atoms. The normalized spacial score (nSPS) is 10.6. The molecule has 30 heavy (non-hydrogen) atoms. The molecule has 0 unspecified atom stereocenters. The molecule has 3 aromatic rings. The number of benzene rings is 2. The Morgan fingerprint density at radius 1 is 1.03 bits per heavy atom. The van der Waals surface area contributed by atoms with E-state index in [0.29, 0.717) is 34.2 Å². The lowest BCUT2D eigenvalue weighted by Gasteiger charge is -2.13. The third-order valence-corrected chi connectivity index (χ3v) is 4.10. The number of aromatic nitrogens is 2. The van der Waals surface area contributed by atoms with Gasteiger partial charge in [-0.3, -0.25) is 9.89 Å². The number of amides is 1. The molecular weight excluding hydrogens is 400 g/mol. The number of hydrogen-bond acceptors (Lipinski definition) is 6. The van der Waals surface area contributed by atoms with Gasteiger partial charge < -0.3 is 24.3 Å².